The van der Waals surface area contributed by atoms with Crippen LogP contribution in [0.2, 0.25) is 0 Å². The predicted octanol–water partition coefficient (Wildman–Crippen LogP) is 2.55. The first-order valence-electron chi connectivity index (χ1n) is 6.24. The van der Waals surface area contributed by atoms with Crippen molar-refractivity contribution in [3.05, 3.63) is 46.5 Å². The molecule has 1 aromatic carbocycles. The number of hydrogen-bond acceptors (Lipinski definition) is 4. The maximum Gasteiger partial charge on any atom is 0.335 e. The van der Waals surface area contributed by atoms with Gasteiger partial charge in [-0.1, -0.05) is 0 Å². The van der Waals surface area contributed by atoms with Crippen molar-refractivity contribution in [3.63, 3.8) is 0 Å². The van der Waals surface area contributed by atoms with E-state index in [0.717, 1.165) is 0 Å². The number of ketones is 1. The van der Waals surface area contributed by atoms with Crippen molar-refractivity contribution in [1.82, 2.24) is 9.55 Å². The molecule has 0 bridgehead atoms. The monoisotopic (exact) mass is 350 g/mol. The van der Waals surface area contributed by atoms with Crippen LogP contribution in [0.5, 0.6) is 5.75 Å². The number of benzene rings is 1. The summed E-state index contributed by atoms with van der Waals surface area (Å²) < 4.78 is 7.92. The van der Waals surface area contributed by atoms with Crippen LogP contribution in [0.25, 0.3) is 0 Å². The van der Waals surface area contributed by atoms with Gasteiger partial charge in [0.05, 0.1) is 21.9 Å². The minimum Gasteiger partial charge on any atom is -0.486 e. The van der Waals surface area contributed by atoms with Gasteiger partial charge >= 0.3 is 5.97 Å². The summed E-state index contributed by atoms with van der Waals surface area (Å²) in [4.78, 5) is 27.8. The lowest BCUT2D eigenvalue weighted by Gasteiger charge is -2.31. The van der Waals surface area contributed by atoms with Crippen molar-refractivity contribution in [2.75, 3.05) is 0 Å². The number of carbonyl (C=O) groups excluding carboxylic acids is 1. The lowest BCUT2D eigenvalue weighted by atomic mass is 9.94. The maximum absolute atomic E-state index is 12.7. The third kappa shape index (κ3) is 2.23. The summed E-state index contributed by atoms with van der Waals surface area (Å²) >= 11 is 3.27. The highest BCUT2D eigenvalue weighted by Crippen LogP contribution is 2.39. The standard InChI is InChI=1S/C14H11BrN2O4/c1-7-11(17-3-2-16-6-17)12(18)9-4-8(14(19)20)5-10(15)13(9)21-7/h2-7,11H,1H3,(H,19,20)/t7-,11-/m1/s1. The van der Waals surface area contributed by atoms with Crippen molar-refractivity contribution < 1.29 is 19.4 Å². The quantitative estimate of drug-likeness (QED) is 0.899. The van der Waals surface area contributed by atoms with E-state index in [1.165, 1.54) is 12.1 Å². The molecular weight excluding hydrogens is 340 g/mol. The highest BCUT2D eigenvalue weighted by Gasteiger charge is 2.37. The Morgan fingerprint density at radius 1 is 1.48 bits per heavy atom. The van der Waals surface area contributed by atoms with E-state index in [1.807, 2.05) is 0 Å². The van der Waals surface area contributed by atoms with Crippen molar-refractivity contribution in [2.24, 2.45) is 0 Å². The zero-order chi connectivity index (χ0) is 15.1. The number of aromatic nitrogens is 2. The first-order chi connectivity index (χ1) is 9.99. The second-order valence-corrected chi connectivity index (χ2v) is 5.64. The molecule has 0 unspecified atom stereocenters. The third-order valence-electron chi connectivity index (χ3n) is 3.42. The van der Waals surface area contributed by atoms with Crippen LogP contribution in [0, 0.1) is 0 Å². The number of carboxylic acid groups (broad SMARTS) is 1. The Labute approximate surface area is 128 Å². The zero-order valence-corrected chi connectivity index (χ0v) is 12.6. The van der Waals surface area contributed by atoms with Crippen LogP contribution in [0.4, 0.5) is 0 Å². The Morgan fingerprint density at radius 3 is 2.86 bits per heavy atom. The second kappa shape index (κ2) is 5.00. The Morgan fingerprint density at radius 2 is 2.24 bits per heavy atom. The summed E-state index contributed by atoms with van der Waals surface area (Å²) in [5.74, 6) is -0.900. The number of Topliss-reactive ketones (excluding diaryl/α,β-unsaturated/α-hetero) is 1. The number of fused-ring (bicyclic) bond motifs is 1. The van der Waals surface area contributed by atoms with E-state index in [-0.39, 0.29) is 23.0 Å². The summed E-state index contributed by atoms with van der Waals surface area (Å²) in [6.45, 7) is 1.79. The van der Waals surface area contributed by atoms with E-state index in [9.17, 15) is 9.59 Å². The SMILES string of the molecule is C[C@H]1Oc2c(Br)cc(C(=O)O)cc2C(=O)[C@@H]1n1ccnc1. The molecule has 2 atom stereocenters. The molecule has 3 rings (SSSR count). The third-order valence-corrected chi connectivity index (χ3v) is 4.01. The molecular formula is C14H11BrN2O4. The van der Waals surface area contributed by atoms with Crippen LogP contribution in [0.1, 0.15) is 33.7 Å². The van der Waals surface area contributed by atoms with E-state index in [1.54, 1.807) is 30.2 Å². The van der Waals surface area contributed by atoms with Crippen molar-refractivity contribution >= 4 is 27.7 Å². The van der Waals surface area contributed by atoms with E-state index in [4.69, 9.17) is 9.84 Å². The minimum absolute atomic E-state index is 0.0384. The highest BCUT2D eigenvalue weighted by molar-refractivity contribution is 9.10. The summed E-state index contributed by atoms with van der Waals surface area (Å²) in [5, 5.41) is 9.11. The van der Waals surface area contributed by atoms with Gasteiger partial charge in [0.2, 0.25) is 0 Å². The van der Waals surface area contributed by atoms with Gasteiger partial charge < -0.3 is 14.4 Å². The van der Waals surface area contributed by atoms with Crippen LogP contribution in [0.15, 0.2) is 35.3 Å². The van der Waals surface area contributed by atoms with Crippen LogP contribution >= 0.6 is 15.9 Å². The average molecular weight is 351 g/mol. The molecule has 0 fully saturated rings. The fourth-order valence-corrected chi connectivity index (χ4v) is 3.01. The molecule has 2 aromatic rings. The molecule has 1 aromatic heterocycles. The molecule has 21 heavy (non-hydrogen) atoms. The number of imidazole rings is 1. The highest BCUT2D eigenvalue weighted by atomic mass is 79.9. The molecule has 0 radical (unpaired) electrons. The zero-order valence-electron chi connectivity index (χ0n) is 11.0. The van der Waals surface area contributed by atoms with Gasteiger partial charge in [0, 0.05) is 12.4 Å². The molecule has 0 saturated carbocycles. The number of hydrogen-bond donors (Lipinski definition) is 1. The second-order valence-electron chi connectivity index (χ2n) is 4.78. The van der Waals surface area contributed by atoms with E-state index in [0.29, 0.717) is 10.2 Å². The molecule has 6 nitrogen and oxygen atoms in total. The Kier molecular flexibility index (Phi) is 3.29. The molecule has 0 aliphatic carbocycles. The summed E-state index contributed by atoms with van der Waals surface area (Å²) in [6.07, 6.45) is 4.43. The number of ether oxygens (including phenoxy) is 1. The van der Waals surface area contributed by atoms with Gasteiger partial charge in [0.1, 0.15) is 17.9 Å². The fourth-order valence-electron chi connectivity index (χ4n) is 2.45. The number of aromatic carboxylic acids is 1. The summed E-state index contributed by atoms with van der Waals surface area (Å²) in [6, 6.07) is 2.22. The molecule has 108 valence electrons. The largest absolute Gasteiger partial charge is 0.486 e. The van der Waals surface area contributed by atoms with Crippen molar-refractivity contribution in [2.45, 2.75) is 19.1 Å². The van der Waals surface area contributed by atoms with E-state index >= 15 is 0 Å². The Bertz CT molecular complexity index is 727. The number of carbonyl (C=O) groups is 2. The molecule has 2 heterocycles. The first-order valence-corrected chi connectivity index (χ1v) is 7.03. The Balaban J connectivity index is 2.13. The van der Waals surface area contributed by atoms with Crippen LogP contribution < -0.4 is 4.74 Å². The minimum atomic E-state index is -1.09. The average Bonchev–Trinajstić information content (AvgIpc) is 2.93. The summed E-state index contributed by atoms with van der Waals surface area (Å²) in [5.41, 5.74) is 0.301. The van der Waals surface area contributed by atoms with Gasteiger partial charge in [0.15, 0.2) is 5.78 Å². The predicted molar refractivity (Wildman–Crippen MR) is 76.8 cm³/mol. The van der Waals surface area contributed by atoms with Gasteiger partial charge in [-0.05, 0) is 35.0 Å². The number of halogens is 1. The summed E-state index contributed by atoms with van der Waals surface area (Å²) in [7, 11) is 0. The number of rotatable bonds is 2. The normalized spacial score (nSPS) is 20.8. The van der Waals surface area contributed by atoms with E-state index < -0.39 is 12.0 Å². The topological polar surface area (TPSA) is 81.4 Å². The molecule has 1 aliphatic rings. The molecule has 0 saturated heterocycles. The number of nitrogens with zero attached hydrogens (tertiary/aromatic N) is 2. The lowest BCUT2D eigenvalue weighted by molar-refractivity contribution is 0.0695. The van der Waals surface area contributed by atoms with Crippen LogP contribution in [0.3, 0.4) is 0 Å². The van der Waals surface area contributed by atoms with Gasteiger partial charge in [-0.2, -0.15) is 0 Å². The van der Waals surface area contributed by atoms with Gasteiger partial charge in [-0.25, -0.2) is 9.78 Å². The van der Waals surface area contributed by atoms with Crippen LogP contribution in [-0.4, -0.2) is 32.5 Å². The lowest BCUT2D eigenvalue weighted by Crippen LogP contribution is -2.37. The Hall–Kier alpha value is -2.15. The van der Waals surface area contributed by atoms with Crippen molar-refractivity contribution in [3.8, 4) is 5.75 Å². The maximum atomic E-state index is 12.7. The van der Waals surface area contributed by atoms with Gasteiger partial charge in [-0.3, -0.25) is 4.79 Å². The first kappa shape index (κ1) is 13.8. The van der Waals surface area contributed by atoms with Gasteiger partial charge in [-0.15, -0.1) is 0 Å². The molecule has 0 spiro atoms. The van der Waals surface area contributed by atoms with Crippen molar-refractivity contribution in [1.29, 1.82) is 0 Å². The van der Waals surface area contributed by atoms with Crippen LogP contribution in [-0.2, 0) is 0 Å². The number of carboxylic acids is 1. The van der Waals surface area contributed by atoms with Gasteiger partial charge in [0.25, 0.3) is 0 Å². The molecule has 1 aliphatic heterocycles. The molecule has 1 N–H and O–H groups in total. The smallest absolute Gasteiger partial charge is 0.335 e. The molecule has 0 amide bonds. The van der Waals surface area contributed by atoms with E-state index in [2.05, 4.69) is 20.9 Å². The molecule has 7 heteroatoms. The fraction of sp³-hybridized carbons (Fsp3) is 0.214.